The minimum absolute atomic E-state index is 0.923. The van der Waals surface area contributed by atoms with Gasteiger partial charge in [-0.3, -0.25) is 0 Å². The Hall–Kier alpha value is 0. The van der Waals surface area contributed by atoms with Gasteiger partial charge >= 0.3 is 0 Å². The lowest BCUT2D eigenvalue weighted by Crippen LogP contribution is -2.06. The fraction of sp³-hybridized carbons (Fsp3) is 1.00. The Morgan fingerprint density at radius 1 is 0.786 bits per heavy atom. The van der Waals surface area contributed by atoms with Gasteiger partial charge in [0.15, 0.2) is 0 Å². The average Bonchev–Trinajstić information content (AvgIpc) is 2.25. The molecule has 0 fully saturated rings. The van der Waals surface area contributed by atoms with Crippen molar-refractivity contribution in [1.82, 2.24) is 0 Å². The maximum absolute atomic E-state index is 2.40. The summed E-state index contributed by atoms with van der Waals surface area (Å²) in [6.07, 6.45) is 8.45. The summed E-state index contributed by atoms with van der Waals surface area (Å²) in [5.41, 5.74) is 0. The first-order valence-corrected chi connectivity index (χ1v) is 6.72. The second kappa shape index (κ2) is 13.0. The predicted molar refractivity (Wildman–Crippen MR) is 68.7 cm³/mol. The van der Waals surface area contributed by atoms with Crippen molar-refractivity contribution in [3.05, 3.63) is 0 Å². The Labute approximate surface area is 92.5 Å². The van der Waals surface area contributed by atoms with Crippen LogP contribution in [0.3, 0.4) is 0 Å². The molecule has 0 amide bonds. The van der Waals surface area contributed by atoms with Gasteiger partial charge in [0, 0.05) is 0 Å². The molecule has 0 aromatic carbocycles. The van der Waals surface area contributed by atoms with Crippen LogP contribution in [0.25, 0.3) is 0 Å². The van der Waals surface area contributed by atoms with Gasteiger partial charge in [-0.2, -0.15) is 0 Å². The summed E-state index contributed by atoms with van der Waals surface area (Å²) in [6, 6.07) is 0. The molecule has 0 spiro atoms. The van der Waals surface area contributed by atoms with Crippen LogP contribution in [0, 0.1) is 11.8 Å². The van der Waals surface area contributed by atoms with Crippen LogP contribution in [0.1, 0.15) is 80.1 Å². The van der Waals surface area contributed by atoms with Gasteiger partial charge in [0.1, 0.15) is 0 Å². The predicted octanol–water partition coefficient (Wildman–Crippen LogP) is 5.67. The molecule has 2 unspecified atom stereocenters. The van der Waals surface area contributed by atoms with Gasteiger partial charge in [-0.05, 0) is 11.8 Å². The zero-order chi connectivity index (χ0) is 11.4. The molecule has 0 N–H and O–H groups in total. The van der Waals surface area contributed by atoms with E-state index in [9.17, 15) is 0 Å². The van der Waals surface area contributed by atoms with E-state index in [1.807, 2.05) is 13.8 Å². The molecule has 0 aliphatic rings. The van der Waals surface area contributed by atoms with Gasteiger partial charge in [0.05, 0.1) is 0 Å². The molecule has 0 radical (unpaired) electrons. The van der Waals surface area contributed by atoms with Crippen LogP contribution in [0.4, 0.5) is 0 Å². The summed E-state index contributed by atoms with van der Waals surface area (Å²) in [7, 11) is 0. The van der Waals surface area contributed by atoms with E-state index in [-0.39, 0.29) is 0 Å². The molecule has 0 rings (SSSR count). The smallest absolute Gasteiger partial charge is 0.0417 e. The van der Waals surface area contributed by atoms with Crippen LogP contribution in [0.2, 0.25) is 0 Å². The van der Waals surface area contributed by atoms with Crippen LogP contribution >= 0.6 is 0 Å². The summed E-state index contributed by atoms with van der Waals surface area (Å²) < 4.78 is 0. The highest BCUT2D eigenvalue weighted by Gasteiger charge is 2.08. The molecule has 0 nitrogen and oxygen atoms in total. The molecule has 0 aromatic heterocycles. The van der Waals surface area contributed by atoms with Gasteiger partial charge in [-0.25, -0.2) is 0 Å². The first-order valence-electron chi connectivity index (χ1n) is 6.72. The second-order valence-corrected chi connectivity index (χ2v) is 4.21. The van der Waals surface area contributed by atoms with Crippen molar-refractivity contribution in [2.24, 2.45) is 11.8 Å². The van der Waals surface area contributed by atoms with E-state index in [1.165, 1.54) is 38.5 Å². The topological polar surface area (TPSA) is 0 Å². The molecule has 88 valence electrons. The highest BCUT2D eigenvalue weighted by atomic mass is 14.1. The van der Waals surface area contributed by atoms with Crippen molar-refractivity contribution < 1.29 is 0 Å². The van der Waals surface area contributed by atoms with Gasteiger partial charge in [-0.15, -0.1) is 0 Å². The molecule has 0 heterocycles. The standard InChI is InChI=1S/C12H26.C2H6/c1-5-7-8-9-10-12(4)11(3)6-2;1-2/h11-12H,5-10H2,1-4H3;1-2H3. The quantitative estimate of drug-likeness (QED) is 0.465. The van der Waals surface area contributed by atoms with Crippen molar-refractivity contribution in [1.29, 1.82) is 0 Å². The number of hydrogen-bond acceptors (Lipinski definition) is 0. The lowest BCUT2D eigenvalue weighted by molar-refractivity contribution is 0.343. The van der Waals surface area contributed by atoms with E-state index in [0.29, 0.717) is 0 Å². The molecular weight excluding hydrogens is 168 g/mol. The molecule has 0 aliphatic heterocycles. The van der Waals surface area contributed by atoms with Crippen LogP contribution < -0.4 is 0 Å². The third-order valence-electron chi connectivity index (χ3n) is 3.13. The highest BCUT2D eigenvalue weighted by molar-refractivity contribution is 4.60. The number of hydrogen-bond donors (Lipinski definition) is 0. The van der Waals surface area contributed by atoms with E-state index >= 15 is 0 Å². The summed E-state index contributed by atoms with van der Waals surface area (Å²) >= 11 is 0. The maximum Gasteiger partial charge on any atom is -0.0417 e. The van der Waals surface area contributed by atoms with Crippen molar-refractivity contribution in [3.63, 3.8) is 0 Å². The fourth-order valence-corrected chi connectivity index (χ4v) is 1.58. The van der Waals surface area contributed by atoms with Gasteiger partial charge in [-0.1, -0.05) is 80.1 Å². The van der Waals surface area contributed by atoms with E-state index < -0.39 is 0 Å². The number of rotatable bonds is 7. The Kier molecular flexibility index (Phi) is 15.3. The average molecular weight is 200 g/mol. The Balaban J connectivity index is 0. The fourth-order valence-electron chi connectivity index (χ4n) is 1.58. The normalized spacial score (nSPS) is 14.1. The Morgan fingerprint density at radius 3 is 1.79 bits per heavy atom. The third-order valence-corrected chi connectivity index (χ3v) is 3.13. The second-order valence-electron chi connectivity index (χ2n) is 4.21. The summed E-state index contributed by atoms with van der Waals surface area (Å²) in [6.45, 7) is 13.4. The van der Waals surface area contributed by atoms with Crippen molar-refractivity contribution >= 4 is 0 Å². The van der Waals surface area contributed by atoms with E-state index in [0.717, 1.165) is 11.8 Å². The lowest BCUT2D eigenvalue weighted by atomic mass is 9.89. The maximum atomic E-state index is 2.40. The monoisotopic (exact) mass is 200 g/mol. The van der Waals surface area contributed by atoms with E-state index in [2.05, 4.69) is 27.7 Å². The molecule has 0 aromatic rings. The Bertz CT molecular complexity index is 86.0. The summed E-state index contributed by atoms with van der Waals surface area (Å²) in [5, 5.41) is 0. The van der Waals surface area contributed by atoms with E-state index in [1.54, 1.807) is 0 Å². The molecule has 2 atom stereocenters. The largest absolute Gasteiger partial charge is 0.0683 e. The summed E-state index contributed by atoms with van der Waals surface area (Å²) in [4.78, 5) is 0. The Morgan fingerprint density at radius 2 is 1.36 bits per heavy atom. The lowest BCUT2D eigenvalue weighted by Gasteiger charge is -2.17. The first kappa shape index (κ1) is 16.4. The van der Waals surface area contributed by atoms with Crippen LogP contribution in [0.15, 0.2) is 0 Å². The molecular formula is C14H32. The first-order chi connectivity index (χ1) is 6.72. The highest BCUT2D eigenvalue weighted by Crippen LogP contribution is 2.20. The van der Waals surface area contributed by atoms with Gasteiger partial charge in [0.25, 0.3) is 0 Å². The molecule has 0 saturated carbocycles. The molecule has 0 saturated heterocycles. The van der Waals surface area contributed by atoms with E-state index in [4.69, 9.17) is 0 Å². The SMILES string of the molecule is CC.CCCCCCC(C)C(C)CC. The van der Waals surface area contributed by atoms with Gasteiger partial charge in [0.2, 0.25) is 0 Å². The molecule has 0 bridgehead atoms. The minimum atomic E-state index is 0.923. The molecule has 0 aliphatic carbocycles. The molecule has 0 heteroatoms. The summed E-state index contributed by atoms with van der Waals surface area (Å²) in [5.74, 6) is 1.86. The zero-order valence-corrected chi connectivity index (χ0v) is 11.4. The molecule has 14 heavy (non-hydrogen) atoms. The van der Waals surface area contributed by atoms with Crippen molar-refractivity contribution in [2.45, 2.75) is 80.1 Å². The van der Waals surface area contributed by atoms with Crippen LogP contribution in [-0.2, 0) is 0 Å². The van der Waals surface area contributed by atoms with Crippen molar-refractivity contribution in [3.8, 4) is 0 Å². The number of unbranched alkanes of at least 4 members (excludes halogenated alkanes) is 3. The third kappa shape index (κ3) is 10.1. The minimum Gasteiger partial charge on any atom is -0.0683 e. The zero-order valence-electron chi connectivity index (χ0n) is 11.4. The van der Waals surface area contributed by atoms with Gasteiger partial charge < -0.3 is 0 Å². The van der Waals surface area contributed by atoms with Crippen molar-refractivity contribution in [2.75, 3.05) is 0 Å². The van der Waals surface area contributed by atoms with Crippen LogP contribution in [-0.4, -0.2) is 0 Å². The van der Waals surface area contributed by atoms with Crippen LogP contribution in [0.5, 0.6) is 0 Å².